The molecule has 150 valence electrons. The Kier molecular flexibility index (Phi) is 10.9. The molecule has 26 heavy (non-hydrogen) atoms. The van der Waals surface area contributed by atoms with Gasteiger partial charge in [0.05, 0.1) is 6.26 Å². The van der Waals surface area contributed by atoms with Crippen molar-refractivity contribution in [2.24, 2.45) is 4.99 Å². The van der Waals surface area contributed by atoms with E-state index in [1.165, 1.54) is 25.2 Å². The van der Waals surface area contributed by atoms with E-state index in [0.717, 1.165) is 6.26 Å². The zero-order chi connectivity index (χ0) is 18.9. The predicted molar refractivity (Wildman–Crippen MR) is 104 cm³/mol. The quantitative estimate of drug-likeness (QED) is 0.215. The molecule has 12 heteroatoms. The first-order chi connectivity index (χ1) is 11.6. The van der Waals surface area contributed by atoms with Gasteiger partial charge < -0.3 is 15.4 Å². The number of guanidine groups is 1. The number of aliphatic imine (C=N–C) groups is 1. The second-order valence-electron chi connectivity index (χ2n) is 5.03. The monoisotopic (exact) mass is 510 g/mol. The summed E-state index contributed by atoms with van der Waals surface area (Å²) >= 11 is 0. The molecule has 0 spiro atoms. The van der Waals surface area contributed by atoms with Crippen molar-refractivity contribution in [2.45, 2.75) is 19.3 Å². The average molecular weight is 510 g/mol. The third-order valence-corrected chi connectivity index (χ3v) is 3.61. The fraction of sp³-hybridized carbons (Fsp3) is 0.500. The van der Waals surface area contributed by atoms with Crippen LogP contribution in [0.3, 0.4) is 0 Å². The van der Waals surface area contributed by atoms with Crippen LogP contribution < -0.4 is 20.1 Å². The zero-order valence-electron chi connectivity index (χ0n) is 14.3. The SMILES string of the molecule is CN=C(NCCCNS(C)(=O)=O)NCc1ccccc1OC(F)(F)F.I. The van der Waals surface area contributed by atoms with E-state index >= 15 is 0 Å². The molecule has 0 saturated carbocycles. The summed E-state index contributed by atoms with van der Waals surface area (Å²) in [6.45, 7) is 0.779. The molecule has 0 saturated heterocycles. The van der Waals surface area contributed by atoms with Gasteiger partial charge in [-0.25, -0.2) is 13.1 Å². The summed E-state index contributed by atoms with van der Waals surface area (Å²) in [5.74, 6) is 0.0940. The molecule has 0 aromatic heterocycles. The first-order valence-electron chi connectivity index (χ1n) is 7.33. The summed E-state index contributed by atoms with van der Waals surface area (Å²) < 4.78 is 65.3. The lowest BCUT2D eigenvalue weighted by Gasteiger charge is -2.15. The molecule has 1 rings (SSSR count). The molecule has 7 nitrogen and oxygen atoms in total. The zero-order valence-corrected chi connectivity index (χ0v) is 17.4. The van der Waals surface area contributed by atoms with E-state index in [4.69, 9.17) is 0 Å². The highest BCUT2D eigenvalue weighted by Crippen LogP contribution is 2.25. The van der Waals surface area contributed by atoms with E-state index in [-0.39, 0.29) is 42.8 Å². The molecule has 0 bridgehead atoms. The molecule has 0 fully saturated rings. The molecule has 0 aliphatic heterocycles. The molecule has 0 unspecified atom stereocenters. The van der Waals surface area contributed by atoms with Crippen LogP contribution in [-0.2, 0) is 16.6 Å². The summed E-state index contributed by atoms with van der Waals surface area (Å²) in [5, 5.41) is 5.81. The Bertz CT molecular complexity index is 684. The van der Waals surface area contributed by atoms with Gasteiger partial charge >= 0.3 is 6.36 Å². The number of halogens is 4. The van der Waals surface area contributed by atoms with Gasteiger partial charge in [0, 0.05) is 32.2 Å². The molecule has 0 radical (unpaired) electrons. The molecule has 3 N–H and O–H groups in total. The van der Waals surface area contributed by atoms with E-state index in [0.29, 0.717) is 24.5 Å². The van der Waals surface area contributed by atoms with E-state index < -0.39 is 16.4 Å². The Morgan fingerprint density at radius 3 is 2.42 bits per heavy atom. The van der Waals surface area contributed by atoms with Gasteiger partial charge in [-0.3, -0.25) is 4.99 Å². The molecule has 0 atom stereocenters. The van der Waals surface area contributed by atoms with Crippen molar-refractivity contribution in [3.05, 3.63) is 29.8 Å². The Labute approximate surface area is 167 Å². The van der Waals surface area contributed by atoms with Gasteiger partial charge in [-0.1, -0.05) is 18.2 Å². The van der Waals surface area contributed by atoms with E-state index in [1.54, 1.807) is 6.07 Å². The van der Waals surface area contributed by atoms with Crippen molar-refractivity contribution in [1.82, 2.24) is 15.4 Å². The van der Waals surface area contributed by atoms with Gasteiger partial charge in [0.2, 0.25) is 10.0 Å². The van der Waals surface area contributed by atoms with Crippen LogP contribution in [-0.4, -0.2) is 47.1 Å². The summed E-state index contributed by atoms with van der Waals surface area (Å²) in [6.07, 6.45) is -3.18. The van der Waals surface area contributed by atoms with Crippen molar-refractivity contribution in [1.29, 1.82) is 0 Å². The summed E-state index contributed by atoms with van der Waals surface area (Å²) in [4.78, 5) is 3.95. The molecule has 1 aromatic carbocycles. The molecule has 0 aliphatic rings. The fourth-order valence-electron chi connectivity index (χ4n) is 1.83. The topological polar surface area (TPSA) is 91.8 Å². The highest BCUT2D eigenvalue weighted by atomic mass is 127. The van der Waals surface area contributed by atoms with Crippen LogP contribution in [0.5, 0.6) is 5.75 Å². The Morgan fingerprint density at radius 1 is 1.19 bits per heavy atom. The predicted octanol–water partition coefficient (Wildman–Crippen LogP) is 1.81. The minimum absolute atomic E-state index is 0. The molecule has 0 amide bonds. The van der Waals surface area contributed by atoms with Gasteiger partial charge in [0.1, 0.15) is 5.75 Å². The average Bonchev–Trinajstić information content (AvgIpc) is 2.48. The lowest BCUT2D eigenvalue weighted by Crippen LogP contribution is -2.38. The molecular formula is C14H22F3IN4O3S. The van der Waals surface area contributed by atoms with Crippen molar-refractivity contribution in [2.75, 3.05) is 26.4 Å². The number of hydrogen-bond donors (Lipinski definition) is 3. The first-order valence-corrected chi connectivity index (χ1v) is 9.22. The van der Waals surface area contributed by atoms with E-state index in [2.05, 4.69) is 25.1 Å². The van der Waals surface area contributed by atoms with Crippen LogP contribution in [0.15, 0.2) is 29.3 Å². The second kappa shape index (κ2) is 11.4. The van der Waals surface area contributed by atoms with Crippen LogP contribution in [0.1, 0.15) is 12.0 Å². The van der Waals surface area contributed by atoms with Crippen molar-refractivity contribution in [3.63, 3.8) is 0 Å². The number of hydrogen-bond acceptors (Lipinski definition) is 4. The first kappa shape index (κ1) is 24.7. The van der Waals surface area contributed by atoms with Crippen molar-refractivity contribution >= 4 is 40.0 Å². The van der Waals surface area contributed by atoms with Crippen LogP contribution in [0, 0.1) is 0 Å². The highest BCUT2D eigenvalue weighted by Gasteiger charge is 2.31. The number of alkyl halides is 3. The molecule has 1 aromatic rings. The number of benzene rings is 1. The smallest absolute Gasteiger partial charge is 0.405 e. The minimum Gasteiger partial charge on any atom is -0.405 e. The number of sulfonamides is 1. The fourth-order valence-corrected chi connectivity index (χ4v) is 2.34. The third kappa shape index (κ3) is 11.4. The lowest BCUT2D eigenvalue weighted by molar-refractivity contribution is -0.274. The maximum Gasteiger partial charge on any atom is 0.573 e. The Morgan fingerprint density at radius 2 is 1.85 bits per heavy atom. The van der Waals surface area contributed by atoms with E-state index in [9.17, 15) is 21.6 Å². The van der Waals surface area contributed by atoms with Crippen LogP contribution >= 0.6 is 24.0 Å². The number of nitrogens with zero attached hydrogens (tertiary/aromatic N) is 1. The molecule has 0 heterocycles. The highest BCUT2D eigenvalue weighted by molar-refractivity contribution is 14.0. The summed E-state index contributed by atoms with van der Waals surface area (Å²) in [6, 6.07) is 5.80. The lowest BCUT2D eigenvalue weighted by atomic mass is 10.2. The van der Waals surface area contributed by atoms with Gasteiger partial charge in [0.25, 0.3) is 0 Å². The third-order valence-electron chi connectivity index (χ3n) is 2.88. The minimum atomic E-state index is -4.76. The maximum atomic E-state index is 12.4. The standard InChI is InChI=1S/C14H21F3N4O3S.HI/c1-18-13(19-8-5-9-21-25(2,22)23)20-10-11-6-3-4-7-12(11)24-14(15,16)17;/h3-4,6-7,21H,5,8-10H2,1-2H3,(H2,18,19,20);1H. The number of rotatable bonds is 8. The Hall–Kier alpha value is -1.28. The normalized spacial score (nSPS) is 12.3. The van der Waals surface area contributed by atoms with Gasteiger partial charge in [-0.05, 0) is 12.5 Å². The Balaban J connectivity index is 0.00000625. The number of ether oxygens (including phenoxy) is 1. The largest absolute Gasteiger partial charge is 0.573 e. The van der Waals surface area contributed by atoms with E-state index in [1.807, 2.05) is 0 Å². The number of para-hydroxylation sites is 1. The van der Waals surface area contributed by atoms with Crippen molar-refractivity contribution in [3.8, 4) is 5.75 Å². The molecular weight excluding hydrogens is 488 g/mol. The van der Waals surface area contributed by atoms with Gasteiger partial charge in [0.15, 0.2) is 5.96 Å². The summed E-state index contributed by atoms with van der Waals surface area (Å²) in [5.41, 5.74) is 0.321. The van der Waals surface area contributed by atoms with Gasteiger partial charge in [-0.15, -0.1) is 37.1 Å². The molecule has 0 aliphatic carbocycles. The maximum absolute atomic E-state index is 12.4. The van der Waals surface area contributed by atoms with Crippen molar-refractivity contribution < 1.29 is 26.3 Å². The summed E-state index contributed by atoms with van der Waals surface area (Å²) in [7, 11) is -1.71. The van der Waals surface area contributed by atoms with Crippen LogP contribution in [0.4, 0.5) is 13.2 Å². The van der Waals surface area contributed by atoms with Crippen LogP contribution in [0.25, 0.3) is 0 Å². The second-order valence-corrected chi connectivity index (χ2v) is 6.86. The van der Waals surface area contributed by atoms with Crippen LogP contribution in [0.2, 0.25) is 0 Å². The number of nitrogens with one attached hydrogen (secondary N) is 3. The van der Waals surface area contributed by atoms with Gasteiger partial charge in [-0.2, -0.15) is 0 Å².